The number of fused-ring (bicyclic) bond motifs is 1. The van der Waals surface area contributed by atoms with Gasteiger partial charge in [0.1, 0.15) is 5.52 Å². The topological polar surface area (TPSA) is 55.9 Å². The van der Waals surface area contributed by atoms with E-state index in [0.717, 1.165) is 5.56 Å². The standard InChI is InChI=1S/C16H15F3N4O/c1-23-14(9-2-3-9)10(8-21-23)7-20-11-4-5-13-12(6-11)22-15(24-13)16(17,18)19/h4-6,8-9,20H,2-3,7H2,1H3. The zero-order valence-electron chi connectivity index (χ0n) is 12.9. The smallest absolute Gasteiger partial charge is 0.433 e. The van der Waals surface area contributed by atoms with Crippen molar-refractivity contribution in [1.29, 1.82) is 0 Å². The fourth-order valence-corrected chi connectivity index (χ4v) is 2.87. The molecule has 1 saturated carbocycles. The Kier molecular flexibility index (Phi) is 3.29. The second kappa shape index (κ2) is 5.25. The van der Waals surface area contributed by atoms with Crippen molar-refractivity contribution in [1.82, 2.24) is 14.8 Å². The van der Waals surface area contributed by atoms with Crippen LogP contribution in [0.4, 0.5) is 18.9 Å². The maximum absolute atomic E-state index is 12.6. The van der Waals surface area contributed by atoms with Gasteiger partial charge in [-0.15, -0.1) is 0 Å². The molecule has 0 unspecified atom stereocenters. The fraction of sp³-hybridized carbons (Fsp3) is 0.375. The number of benzene rings is 1. The van der Waals surface area contributed by atoms with Crippen molar-refractivity contribution >= 4 is 16.8 Å². The third kappa shape index (κ3) is 2.72. The summed E-state index contributed by atoms with van der Waals surface area (Å²) in [6.45, 7) is 0.565. The van der Waals surface area contributed by atoms with Crippen molar-refractivity contribution in [3.8, 4) is 0 Å². The highest BCUT2D eigenvalue weighted by molar-refractivity contribution is 5.77. The first kappa shape index (κ1) is 15.0. The van der Waals surface area contributed by atoms with Crippen molar-refractivity contribution in [3.05, 3.63) is 41.5 Å². The van der Waals surface area contributed by atoms with Gasteiger partial charge < -0.3 is 9.73 Å². The Labute approximate surface area is 135 Å². The van der Waals surface area contributed by atoms with Gasteiger partial charge in [-0.05, 0) is 31.0 Å². The van der Waals surface area contributed by atoms with Crippen LogP contribution in [0.1, 0.15) is 35.9 Å². The molecule has 1 fully saturated rings. The van der Waals surface area contributed by atoms with E-state index >= 15 is 0 Å². The summed E-state index contributed by atoms with van der Waals surface area (Å²) in [4.78, 5) is 3.51. The second-order valence-electron chi connectivity index (χ2n) is 6.01. The van der Waals surface area contributed by atoms with Gasteiger partial charge in [0.2, 0.25) is 0 Å². The summed E-state index contributed by atoms with van der Waals surface area (Å²) in [6.07, 6.45) is -0.395. The maximum Gasteiger partial charge on any atom is 0.468 e. The minimum absolute atomic E-state index is 0.118. The molecular weight excluding hydrogens is 321 g/mol. The predicted molar refractivity (Wildman–Crippen MR) is 81.5 cm³/mol. The van der Waals surface area contributed by atoms with Gasteiger partial charge in [-0.25, -0.2) is 4.98 Å². The number of nitrogens with one attached hydrogen (secondary N) is 1. The summed E-state index contributed by atoms with van der Waals surface area (Å²) < 4.78 is 44.6. The van der Waals surface area contributed by atoms with Crippen LogP contribution in [0.25, 0.3) is 11.1 Å². The van der Waals surface area contributed by atoms with E-state index < -0.39 is 12.1 Å². The first-order valence-corrected chi connectivity index (χ1v) is 7.64. The van der Waals surface area contributed by atoms with E-state index in [1.54, 1.807) is 12.1 Å². The molecule has 24 heavy (non-hydrogen) atoms. The van der Waals surface area contributed by atoms with E-state index in [2.05, 4.69) is 15.4 Å². The number of hydrogen-bond donors (Lipinski definition) is 1. The van der Waals surface area contributed by atoms with Crippen LogP contribution < -0.4 is 5.32 Å². The first-order chi connectivity index (χ1) is 11.4. The molecule has 126 valence electrons. The molecule has 3 aromatic rings. The van der Waals surface area contributed by atoms with Crippen LogP contribution in [0.5, 0.6) is 0 Å². The molecule has 0 atom stereocenters. The molecule has 1 N–H and O–H groups in total. The molecule has 1 aromatic carbocycles. The van der Waals surface area contributed by atoms with E-state index in [1.807, 2.05) is 17.9 Å². The number of rotatable bonds is 4. The molecular formula is C16H15F3N4O. The summed E-state index contributed by atoms with van der Waals surface area (Å²) >= 11 is 0. The van der Waals surface area contributed by atoms with Crippen LogP contribution >= 0.6 is 0 Å². The average Bonchev–Trinajstić information content (AvgIpc) is 3.14. The number of alkyl halides is 3. The van der Waals surface area contributed by atoms with Gasteiger partial charge in [-0.1, -0.05) is 0 Å². The van der Waals surface area contributed by atoms with Crippen molar-refractivity contribution in [2.24, 2.45) is 7.05 Å². The fourth-order valence-electron chi connectivity index (χ4n) is 2.87. The number of anilines is 1. The van der Waals surface area contributed by atoms with Gasteiger partial charge in [0.05, 0.1) is 6.20 Å². The molecule has 0 saturated heterocycles. The Morgan fingerprint density at radius 2 is 2.12 bits per heavy atom. The molecule has 2 aromatic heterocycles. The molecule has 0 radical (unpaired) electrons. The normalized spacial score (nSPS) is 15.2. The van der Waals surface area contributed by atoms with Crippen molar-refractivity contribution in [2.75, 3.05) is 5.32 Å². The molecule has 0 bridgehead atoms. The molecule has 0 aliphatic heterocycles. The van der Waals surface area contributed by atoms with E-state index in [1.165, 1.54) is 24.6 Å². The van der Waals surface area contributed by atoms with Crippen LogP contribution in [0.15, 0.2) is 28.8 Å². The first-order valence-electron chi connectivity index (χ1n) is 7.64. The minimum atomic E-state index is -4.58. The number of hydrogen-bond acceptors (Lipinski definition) is 4. The number of nitrogens with zero attached hydrogens (tertiary/aromatic N) is 3. The number of oxazole rings is 1. The zero-order valence-corrected chi connectivity index (χ0v) is 12.9. The van der Waals surface area contributed by atoms with Crippen molar-refractivity contribution < 1.29 is 17.6 Å². The van der Waals surface area contributed by atoms with Crippen LogP contribution in [0.3, 0.4) is 0 Å². The summed E-state index contributed by atoms with van der Waals surface area (Å²) in [6, 6.07) is 4.73. The monoisotopic (exact) mass is 336 g/mol. The van der Waals surface area contributed by atoms with Crippen LogP contribution in [0, 0.1) is 0 Å². The third-order valence-corrected chi connectivity index (χ3v) is 4.14. The lowest BCUT2D eigenvalue weighted by Crippen LogP contribution is -2.04. The largest absolute Gasteiger partial charge is 0.468 e. The van der Waals surface area contributed by atoms with E-state index in [0.29, 0.717) is 18.2 Å². The third-order valence-electron chi connectivity index (χ3n) is 4.14. The lowest BCUT2D eigenvalue weighted by atomic mass is 10.1. The van der Waals surface area contributed by atoms with Gasteiger partial charge in [-0.2, -0.15) is 18.3 Å². The van der Waals surface area contributed by atoms with E-state index in [4.69, 9.17) is 4.42 Å². The number of aryl methyl sites for hydroxylation is 1. The van der Waals surface area contributed by atoms with Gasteiger partial charge >= 0.3 is 12.1 Å². The average molecular weight is 336 g/mol. The molecule has 8 heteroatoms. The van der Waals surface area contributed by atoms with Crippen molar-refractivity contribution in [2.45, 2.75) is 31.5 Å². The van der Waals surface area contributed by atoms with Gasteiger partial charge in [-0.3, -0.25) is 4.68 Å². The summed E-state index contributed by atoms with van der Waals surface area (Å²) in [7, 11) is 1.93. The lowest BCUT2D eigenvalue weighted by Gasteiger charge is -2.07. The summed E-state index contributed by atoms with van der Waals surface area (Å²) in [5, 5.41) is 7.52. The maximum atomic E-state index is 12.6. The highest BCUT2D eigenvalue weighted by Crippen LogP contribution is 2.41. The molecule has 1 aliphatic carbocycles. The number of aromatic nitrogens is 3. The van der Waals surface area contributed by atoms with Crippen LogP contribution in [-0.4, -0.2) is 14.8 Å². The minimum Gasteiger partial charge on any atom is -0.433 e. The SMILES string of the molecule is Cn1ncc(CNc2ccc3oc(C(F)(F)F)nc3c2)c1C1CC1. The zero-order chi connectivity index (χ0) is 16.9. The molecule has 1 aliphatic rings. The predicted octanol–water partition coefficient (Wildman–Crippen LogP) is 4.07. The number of halogens is 3. The van der Waals surface area contributed by atoms with E-state index in [-0.39, 0.29) is 11.1 Å². The highest BCUT2D eigenvalue weighted by Gasteiger charge is 2.37. The van der Waals surface area contributed by atoms with Crippen LogP contribution in [-0.2, 0) is 19.8 Å². The molecule has 0 amide bonds. The molecule has 5 nitrogen and oxygen atoms in total. The van der Waals surface area contributed by atoms with E-state index in [9.17, 15) is 13.2 Å². The van der Waals surface area contributed by atoms with Crippen molar-refractivity contribution in [3.63, 3.8) is 0 Å². The Morgan fingerprint density at radius 1 is 1.33 bits per heavy atom. The Balaban J connectivity index is 1.54. The van der Waals surface area contributed by atoms with Gasteiger partial charge in [0.25, 0.3) is 0 Å². The second-order valence-corrected chi connectivity index (χ2v) is 6.01. The molecule has 4 rings (SSSR count). The Hall–Kier alpha value is -2.51. The quantitative estimate of drug-likeness (QED) is 0.780. The van der Waals surface area contributed by atoms with Crippen LogP contribution in [0.2, 0.25) is 0 Å². The lowest BCUT2D eigenvalue weighted by molar-refractivity contribution is -0.156. The summed E-state index contributed by atoms with van der Waals surface area (Å²) in [5.74, 6) is -0.653. The highest BCUT2D eigenvalue weighted by atomic mass is 19.4. The summed E-state index contributed by atoms with van der Waals surface area (Å²) in [5.41, 5.74) is 3.32. The molecule has 0 spiro atoms. The Morgan fingerprint density at radius 3 is 2.83 bits per heavy atom. The van der Waals surface area contributed by atoms with Gasteiger partial charge in [0.15, 0.2) is 5.58 Å². The molecule has 2 heterocycles. The van der Waals surface area contributed by atoms with Gasteiger partial charge in [0, 0.05) is 36.5 Å². The Bertz CT molecular complexity index is 892.